The molecule has 0 radical (unpaired) electrons. The molecule has 8 heteroatoms. The number of carbonyl (C=O) groups excluding carboxylic acids is 3. The number of halogens is 1. The number of aromatic nitrogens is 1. The standard InChI is InChI=1S/C27H37FN4O3/c1-17(2)13-14-29-26(35)27(4)16-31-22-12-11-19(28)15-21(22)23(30-18(3)33)24(31)25(34)32(27)20-9-7-5-6-8-10-20/h11-12,15,17,20H,5-10,13-14,16H2,1-4H3,(H,29,35)(H,30,33). The third-order valence-electron chi connectivity index (χ3n) is 7.43. The van der Waals surface area contributed by atoms with Gasteiger partial charge in [-0.1, -0.05) is 39.5 Å². The lowest BCUT2D eigenvalue weighted by Gasteiger charge is -2.48. The van der Waals surface area contributed by atoms with E-state index in [0.717, 1.165) is 44.9 Å². The fourth-order valence-electron chi connectivity index (χ4n) is 5.67. The molecule has 7 nitrogen and oxygen atoms in total. The summed E-state index contributed by atoms with van der Waals surface area (Å²) in [7, 11) is 0. The van der Waals surface area contributed by atoms with Crippen LogP contribution in [0, 0.1) is 11.7 Å². The van der Waals surface area contributed by atoms with E-state index in [4.69, 9.17) is 0 Å². The zero-order chi connectivity index (χ0) is 25.3. The van der Waals surface area contributed by atoms with Crippen molar-refractivity contribution in [2.45, 2.75) is 90.8 Å². The highest BCUT2D eigenvalue weighted by molar-refractivity contribution is 6.14. The summed E-state index contributed by atoms with van der Waals surface area (Å²) < 4.78 is 16.0. The molecule has 2 aliphatic rings. The minimum atomic E-state index is -1.11. The van der Waals surface area contributed by atoms with Crippen LogP contribution in [0.25, 0.3) is 10.9 Å². The van der Waals surface area contributed by atoms with Crippen molar-refractivity contribution < 1.29 is 18.8 Å². The van der Waals surface area contributed by atoms with Crippen LogP contribution in [0.2, 0.25) is 0 Å². The molecule has 2 heterocycles. The molecule has 4 rings (SSSR count). The van der Waals surface area contributed by atoms with Crippen molar-refractivity contribution in [2.24, 2.45) is 5.92 Å². The van der Waals surface area contributed by atoms with Gasteiger partial charge < -0.3 is 20.1 Å². The number of carbonyl (C=O) groups is 3. The molecule has 1 atom stereocenters. The molecule has 2 N–H and O–H groups in total. The molecule has 1 aliphatic heterocycles. The number of amides is 3. The van der Waals surface area contributed by atoms with Crippen molar-refractivity contribution >= 4 is 34.3 Å². The molecule has 1 saturated carbocycles. The summed E-state index contributed by atoms with van der Waals surface area (Å²) in [6.07, 6.45) is 6.77. The van der Waals surface area contributed by atoms with Crippen LogP contribution in [0.5, 0.6) is 0 Å². The number of fused-ring (bicyclic) bond motifs is 3. The Morgan fingerprint density at radius 2 is 1.86 bits per heavy atom. The average molecular weight is 485 g/mol. The molecule has 2 aromatic rings. The van der Waals surface area contributed by atoms with Gasteiger partial charge in [-0.15, -0.1) is 0 Å². The number of nitrogens with one attached hydrogen (secondary N) is 2. The average Bonchev–Trinajstić information content (AvgIpc) is 2.93. The van der Waals surface area contributed by atoms with Gasteiger partial charge in [0.15, 0.2) is 0 Å². The normalized spacial score (nSPS) is 21.2. The molecule has 0 saturated heterocycles. The fraction of sp³-hybridized carbons (Fsp3) is 0.593. The van der Waals surface area contributed by atoms with Crippen molar-refractivity contribution in [3.63, 3.8) is 0 Å². The number of hydrogen-bond donors (Lipinski definition) is 2. The van der Waals surface area contributed by atoms with Crippen molar-refractivity contribution in [1.29, 1.82) is 0 Å². The van der Waals surface area contributed by atoms with Gasteiger partial charge >= 0.3 is 0 Å². The van der Waals surface area contributed by atoms with E-state index in [1.807, 2.05) is 6.92 Å². The molecular weight excluding hydrogens is 447 g/mol. The zero-order valence-electron chi connectivity index (χ0n) is 21.2. The zero-order valence-corrected chi connectivity index (χ0v) is 21.2. The molecule has 1 aromatic heterocycles. The van der Waals surface area contributed by atoms with E-state index in [9.17, 15) is 18.8 Å². The maximum atomic E-state index is 14.3. The molecule has 1 aliphatic carbocycles. The predicted molar refractivity (Wildman–Crippen MR) is 135 cm³/mol. The summed E-state index contributed by atoms with van der Waals surface area (Å²) in [4.78, 5) is 41.8. The Hall–Kier alpha value is -2.90. The van der Waals surface area contributed by atoms with Crippen LogP contribution < -0.4 is 10.6 Å². The molecule has 3 amide bonds. The Morgan fingerprint density at radius 1 is 1.17 bits per heavy atom. The maximum absolute atomic E-state index is 14.3. The minimum Gasteiger partial charge on any atom is -0.354 e. The number of anilines is 1. The van der Waals surface area contributed by atoms with Crippen LogP contribution in [0.3, 0.4) is 0 Å². The lowest BCUT2D eigenvalue weighted by Crippen LogP contribution is -2.66. The van der Waals surface area contributed by atoms with Gasteiger partial charge in [-0.05, 0) is 50.3 Å². The minimum absolute atomic E-state index is 0.0699. The van der Waals surface area contributed by atoms with Crippen LogP contribution >= 0.6 is 0 Å². The van der Waals surface area contributed by atoms with E-state index in [1.165, 1.54) is 19.1 Å². The first-order valence-electron chi connectivity index (χ1n) is 12.8. The summed E-state index contributed by atoms with van der Waals surface area (Å²) in [5, 5.41) is 6.33. The van der Waals surface area contributed by atoms with Gasteiger partial charge in [0.2, 0.25) is 11.8 Å². The molecular formula is C27H37FN4O3. The first-order valence-corrected chi connectivity index (χ1v) is 12.8. The van der Waals surface area contributed by atoms with Crippen LogP contribution in [0.1, 0.15) is 83.1 Å². The van der Waals surface area contributed by atoms with E-state index in [2.05, 4.69) is 24.5 Å². The summed E-state index contributed by atoms with van der Waals surface area (Å²) in [6, 6.07) is 4.23. The topological polar surface area (TPSA) is 83.4 Å². The molecule has 1 aromatic carbocycles. The lowest BCUT2D eigenvalue weighted by molar-refractivity contribution is -0.134. The number of nitrogens with zero attached hydrogens (tertiary/aromatic N) is 2. The second kappa shape index (κ2) is 9.99. The van der Waals surface area contributed by atoms with Crippen LogP contribution in [0.15, 0.2) is 18.2 Å². The third-order valence-corrected chi connectivity index (χ3v) is 7.43. The van der Waals surface area contributed by atoms with Crippen molar-refractivity contribution in [3.05, 3.63) is 29.7 Å². The monoisotopic (exact) mass is 484 g/mol. The summed E-state index contributed by atoms with van der Waals surface area (Å²) in [6.45, 7) is 8.21. The highest BCUT2D eigenvalue weighted by Gasteiger charge is 2.51. The predicted octanol–water partition coefficient (Wildman–Crippen LogP) is 4.84. The number of hydrogen-bond acceptors (Lipinski definition) is 3. The Labute approximate surface area is 206 Å². The molecule has 35 heavy (non-hydrogen) atoms. The van der Waals surface area contributed by atoms with Gasteiger partial charge in [-0.3, -0.25) is 14.4 Å². The maximum Gasteiger partial charge on any atom is 0.273 e. The third kappa shape index (κ3) is 4.80. The van der Waals surface area contributed by atoms with E-state index >= 15 is 0 Å². The van der Waals surface area contributed by atoms with E-state index < -0.39 is 11.4 Å². The first-order chi connectivity index (χ1) is 16.6. The lowest BCUT2D eigenvalue weighted by atomic mass is 9.90. The summed E-state index contributed by atoms with van der Waals surface area (Å²) in [5.41, 5.74) is 0.153. The number of benzene rings is 1. The Bertz CT molecular complexity index is 1130. The van der Waals surface area contributed by atoms with Gasteiger partial charge in [0.1, 0.15) is 17.1 Å². The van der Waals surface area contributed by atoms with Crippen molar-refractivity contribution in [1.82, 2.24) is 14.8 Å². The van der Waals surface area contributed by atoms with E-state index in [1.54, 1.807) is 15.5 Å². The smallest absolute Gasteiger partial charge is 0.273 e. The SMILES string of the molecule is CC(=O)Nc1c2n(c3ccc(F)cc13)CC(C)(C(=O)NCCC(C)C)N(C1CCCCCC1)C2=O. The summed E-state index contributed by atoms with van der Waals surface area (Å²) in [5.74, 6) is -0.798. The molecule has 1 unspecified atom stereocenters. The largest absolute Gasteiger partial charge is 0.354 e. The van der Waals surface area contributed by atoms with Crippen LogP contribution in [0.4, 0.5) is 10.1 Å². The number of rotatable bonds is 6. The van der Waals surface area contributed by atoms with E-state index in [0.29, 0.717) is 34.7 Å². The van der Waals surface area contributed by atoms with Gasteiger partial charge in [-0.2, -0.15) is 0 Å². The Morgan fingerprint density at radius 3 is 2.49 bits per heavy atom. The first kappa shape index (κ1) is 25.2. The highest BCUT2D eigenvalue weighted by Crippen LogP contribution is 2.41. The van der Waals surface area contributed by atoms with Gasteiger partial charge in [0.05, 0.1) is 17.7 Å². The van der Waals surface area contributed by atoms with Crippen LogP contribution in [-0.2, 0) is 16.1 Å². The quantitative estimate of drug-likeness (QED) is 0.576. The highest BCUT2D eigenvalue weighted by atomic mass is 19.1. The molecule has 190 valence electrons. The second-order valence-electron chi connectivity index (χ2n) is 10.7. The molecule has 1 fully saturated rings. The Kier molecular flexibility index (Phi) is 7.20. The van der Waals surface area contributed by atoms with Gasteiger partial charge in [0.25, 0.3) is 5.91 Å². The van der Waals surface area contributed by atoms with Gasteiger partial charge in [-0.25, -0.2) is 4.39 Å². The van der Waals surface area contributed by atoms with Gasteiger partial charge in [0, 0.05) is 24.9 Å². The van der Waals surface area contributed by atoms with E-state index in [-0.39, 0.29) is 30.3 Å². The van der Waals surface area contributed by atoms with Crippen molar-refractivity contribution in [3.8, 4) is 0 Å². The Balaban J connectivity index is 1.85. The molecule has 0 bridgehead atoms. The fourth-order valence-corrected chi connectivity index (χ4v) is 5.67. The van der Waals surface area contributed by atoms with Crippen LogP contribution in [-0.4, -0.2) is 45.3 Å². The summed E-state index contributed by atoms with van der Waals surface area (Å²) >= 11 is 0. The van der Waals surface area contributed by atoms with Crippen molar-refractivity contribution in [2.75, 3.05) is 11.9 Å². The molecule has 0 spiro atoms. The second-order valence-corrected chi connectivity index (χ2v) is 10.7.